The van der Waals surface area contributed by atoms with Gasteiger partial charge in [0, 0.05) is 11.8 Å². The topological polar surface area (TPSA) is 71.3 Å². The number of anilines is 1. The third-order valence-electron chi connectivity index (χ3n) is 3.67. The van der Waals surface area contributed by atoms with Crippen molar-refractivity contribution in [1.82, 2.24) is 0 Å². The Kier molecular flexibility index (Phi) is 4.87. The van der Waals surface area contributed by atoms with E-state index in [9.17, 15) is 10.1 Å². The first-order chi connectivity index (χ1) is 11.0. The number of nitrogens with zero attached hydrogens (tertiary/aromatic N) is 1. The summed E-state index contributed by atoms with van der Waals surface area (Å²) in [5.74, 6) is 0.665. The molecule has 2 aromatic carbocycles. The zero-order chi connectivity index (χ0) is 16.9. The molecule has 0 aliphatic carbocycles. The van der Waals surface area contributed by atoms with Crippen LogP contribution in [-0.4, -0.2) is 20.1 Å². The van der Waals surface area contributed by atoms with Gasteiger partial charge < -0.3 is 14.8 Å². The maximum absolute atomic E-state index is 12.6. The predicted molar refractivity (Wildman–Crippen MR) is 87.6 cm³/mol. The van der Waals surface area contributed by atoms with Crippen molar-refractivity contribution in [2.24, 2.45) is 0 Å². The van der Waals surface area contributed by atoms with Gasteiger partial charge in [0.15, 0.2) is 16.9 Å². The van der Waals surface area contributed by atoms with Crippen molar-refractivity contribution in [2.45, 2.75) is 12.3 Å². The van der Waals surface area contributed by atoms with Crippen molar-refractivity contribution < 1.29 is 14.3 Å². The van der Waals surface area contributed by atoms with Crippen molar-refractivity contribution in [3.05, 3.63) is 54.1 Å². The number of hydrogen-bond acceptors (Lipinski definition) is 4. The van der Waals surface area contributed by atoms with Crippen LogP contribution in [-0.2, 0) is 10.2 Å². The van der Waals surface area contributed by atoms with Crippen LogP contribution < -0.4 is 14.8 Å². The molecule has 0 aromatic heterocycles. The quantitative estimate of drug-likeness (QED) is 0.921. The third-order valence-corrected chi connectivity index (χ3v) is 3.67. The number of ether oxygens (including phenoxy) is 2. The number of rotatable bonds is 5. The lowest BCUT2D eigenvalue weighted by atomic mass is 9.83. The van der Waals surface area contributed by atoms with Gasteiger partial charge in [-0.3, -0.25) is 4.79 Å². The summed E-state index contributed by atoms with van der Waals surface area (Å²) in [7, 11) is 3.06. The molecule has 0 saturated heterocycles. The Balaban J connectivity index is 2.29. The second kappa shape index (κ2) is 6.84. The van der Waals surface area contributed by atoms with E-state index in [1.165, 1.54) is 14.2 Å². The molecule has 0 aliphatic rings. The fraction of sp³-hybridized carbons (Fsp3) is 0.222. The highest BCUT2D eigenvalue weighted by atomic mass is 16.5. The molecule has 0 saturated carbocycles. The van der Waals surface area contributed by atoms with Crippen molar-refractivity contribution in [2.75, 3.05) is 19.5 Å². The van der Waals surface area contributed by atoms with Crippen LogP contribution in [0.1, 0.15) is 12.5 Å². The van der Waals surface area contributed by atoms with Gasteiger partial charge in [0.25, 0.3) is 0 Å². The lowest BCUT2D eigenvalue weighted by molar-refractivity contribution is -0.119. The molecular weight excluding hydrogens is 292 g/mol. The summed E-state index contributed by atoms with van der Waals surface area (Å²) in [6, 6.07) is 16.1. The van der Waals surface area contributed by atoms with Crippen LogP contribution in [0.3, 0.4) is 0 Å². The molecule has 0 radical (unpaired) electrons. The zero-order valence-electron chi connectivity index (χ0n) is 13.3. The highest BCUT2D eigenvalue weighted by molar-refractivity contribution is 6.01. The number of hydrogen-bond donors (Lipinski definition) is 1. The van der Waals surface area contributed by atoms with Gasteiger partial charge in [0.1, 0.15) is 0 Å². The van der Waals surface area contributed by atoms with E-state index in [1.807, 2.05) is 6.07 Å². The largest absolute Gasteiger partial charge is 0.493 e. The Morgan fingerprint density at radius 2 is 1.74 bits per heavy atom. The van der Waals surface area contributed by atoms with Crippen LogP contribution in [0.25, 0.3) is 0 Å². The maximum atomic E-state index is 12.6. The number of nitrogens with one attached hydrogen (secondary N) is 1. The monoisotopic (exact) mass is 310 g/mol. The second-order valence-electron chi connectivity index (χ2n) is 5.13. The molecule has 1 atom stereocenters. The van der Waals surface area contributed by atoms with Gasteiger partial charge >= 0.3 is 0 Å². The van der Waals surface area contributed by atoms with Crippen LogP contribution in [0.2, 0.25) is 0 Å². The Morgan fingerprint density at radius 1 is 1.09 bits per heavy atom. The molecule has 0 spiro atoms. The summed E-state index contributed by atoms with van der Waals surface area (Å²) in [5, 5.41) is 12.3. The first-order valence-electron chi connectivity index (χ1n) is 7.05. The minimum atomic E-state index is -1.28. The normalized spacial score (nSPS) is 12.6. The molecule has 23 heavy (non-hydrogen) atoms. The molecule has 2 aromatic rings. The highest BCUT2D eigenvalue weighted by Crippen LogP contribution is 2.31. The van der Waals surface area contributed by atoms with E-state index in [0.717, 1.165) is 0 Å². The maximum Gasteiger partial charge on any atom is 0.249 e. The van der Waals surface area contributed by atoms with Crippen molar-refractivity contribution >= 4 is 11.6 Å². The highest BCUT2D eigenvalue weighted by Gasteiger charge is 2.35. The van der Waals surface area contributed by atoms with E-state index in [-0.39, 0.29) is 0 Å². The average Bonchev–Trinajstić information content (AvgIpc) is 2.61. The van der Waals surface area contributed by atoms with E-state index in [1.54, 1.807) is 49.4 Å². The first-order valence-corrected chi connectivity index (χ1v) is 7.05. The molecule has 0 fully saturated rings. The van der Waals surface area contributed by atoms with E-state index < -0.39 is 11.3 Å². The lowest BCUT2D eigenvalue weighted by Crippen LogP contribution is -2.36. The number of nitriles is 1. The molecule has 5 nitrogen and oxygen atoms in total. The number of carbonyl (C=O) groups excluding carboxylic acids is 1. The van der Waals surface area contributed by atoms with E-state index in [0.29, 0.717) is 22.7 Å². The molecule has 2 rings (SSSR count). The van der Waals surface area contributed by atoms with Crippen LogP contribution >= 0.6 is 0 Å². The van der Waals surface area contributed by atoms with Crippen LogP contribution in [0.5, 0.6) is 11.5 Å². The van der Waals surface area contributed by atoms with Gasteiger partial charge in [-0.05, 0) is 24.6 Å². The van der Waals surface area contributed by atoms with Gasteiger partial charge in [-0.1, -0.05) is 30.3 Å². The zero-order valence-corrected chi connectivity index (χ0v) is 13.3. The second-order valence-corrected chi connectivity index (χ2v) is 5.13. The fourth-order valence-electron chi connectivity index (χ4n) is 2.19. The molecule has 5 heteroatoms. The molecule has 1 amide bonds. The molecule has 0 aliphatic heterocycles. The molecule has 118 valence electrons. The van der Waals surface area contributed by atoms with E-state index in [4.69, 9.17) is 9.47 Å². The van der Waals surface area contributed by atoms with Crippen LogP contribution in [0, 0.1) is 11.3 Å². The number of benzene rings is 2. The Morgan fingerprint density at radius 3 is 2.30 bits per heavy atom. The third kappa shape index (κ3) is 3.27. The van der Waals surface area contributed by atoms with Gasteiger partial charge in [-0.2, -0.15) is 5.26 Å². The molecule has 0 unspecified atom stereocenters. The summed E-state index contributed by atoms with van der Waals surface area (Å²) in [4.78, 5) is 12.6. The standard InChI is InChI=1S/C18H18N2O3/c1-18(12-19,13-7-5-4-6-8-13)17(21)20-14-9-10-15(22-2)16(11-14)23-3/h4-11H,1-3H3,(H,20,21)/t18-/m0/s1. The number of carbonyl (C=O) groups is 1. The molecular formula is C18H18N2O3. The van der Waals surface area contributed by atoms with Crippen molar-refractivity contribution in [3.8, 4) is 17.6 Å². The average molecular weight is 310 g/mol. The summed E-state index contributed by atoms with van der Waals surface area (Å²) in [6.45, 7) is 1.60. The summed E-state index contributed by atoms with van der Waals surface area (Å²) >= 11 is 0. The number of methoxy groups -OCH3 is 2. The Labute approximate surface area is 135 Å². The Bertz CT molecular complexity index is 738. The SMILES string of the molecule is COc1ccc(NC(=O)[C@@](C)(C#N)c2ccccc2)cc1OC. The fourth-order valence-corrected chi connectivity index (χ4v) is 2.19. The predicted octanol–water partition coefficient (Wildman–Crippen LogP) is 3.12. The van der Waals surface area contributed by atoms with E-state index in [2.05, 4.69) is 11.4 Å². The van der Waals surface area contributed by atoms with Crippen LogP contribution in [0.15, 0.2) is 48.5 Å². The summed E-state index contributed by atoms with van der Waals surface area (Å²) < 4.78 is 10.4. The summed E-state index contributed by atoms with van der Waals surface area (Å²) in [6.07, 6.45) is 0. The molecule has 0 bridgehead atoms. The van der Waals surface area contributed by atoms with Crippen molar-refractivity contribution in [1.29, 1.82) is 5.26 Å². The first kappa shape index (κ1) is 16.4. The number of amides is 1. The minimum absolute atomic E-state index is 0.404. The van der Waals surface area contributed by atoms with E-state index >= 15 is 0 Å². The van der Waals surface area contributed by atoms with Crippen molar-refractivity contribution in [3.63, 3.8) is 0 Å². The van der Waals surface area contributed by atoms with Gasteiger partial charge in [0.05, 0.1) is 20.3 Å². The van der Waals surface area contributed by atoms with Crippen LogP contribution in [0.4, 0.5) is 5.69 Å². The lowest BCUT2D eigenvalue weighted by Gasteiger charge is -2.21. The smallest absolute Gasteiger partial charge is 0.249 e. The molecule has 1 N–H and O–H groups in total. The van der Waals surface area contributed by atoms with Gasteiger partial charge in [0.2, 0.25) is 5.91 Å². The summed E-state index contributed by atoms with van der Waals surface area (Å²) in [5.41, 5.74) is -0.112. The van der Waals surface area contributed by atoms with Gasteiger partial charge in [-0.15, -0.1) is 0 Å². The minimum Gasteiger partial charge on any atom is -0.493 e. The van der Waals surface area contributed by atoms with Gasteiger partial charge in [-0.25, -0.2) is 0 Å². The Hall–Kier alpha value is -3.00. The molecule has 0 heterocycles.